The second kappa shape index (κ2) is 3.46. The number of rotatable bonds is 3. The Bertz CT molecular complexity index is 297. The zero-order valence-corrected chi connectivity index (χ0v) is 9.15. The number of aliphatic carboxylic acids is 1. The van der Waals surface area contributed by atoms with Crippen LogP contribution < -0.4 is 5.32 Å². The first-order valence-electron chi connectivity index (χ1n) is 4.70. The van der Waals surface area contributed by atoms with E-state index in [1.54, 1.807) is 0 Å². The van der Waals surface area contributed by atoms with Crippen LogP contribution in [0, 0.1) is 0 Å². The van der Waals surface area contributed by atoms with E-state index < -0.39 is 23.5 Å². The van der Waals surface area contributed by atoms with Crippen LogP contribution in [0.15, 0.2) is 0 Å². The van der Waals surface area contributed by atoms with Gasteiger partial charge >= 0.3 is 5.97 Å². The molecule has 0 aromatic rings. The number of amides is 1. The van der Waals surface area contributed by atoms with Crippen molar-refractivity contribution in [2.24, 2.45) is 0 Å². The first-order chi connectivity index (χ1) is 6.66. The predicted octanol–water partition coefficient (Wildman–Crippen LogP) is -1.60. The number of hydrogen-bond donors (Lipinski definition) is 3. The molecule has 0 aliphatic carbocycles. The normalized spacial score (nSPS) is 31.5. The quantitative estimate of drug-likeness (QED) is 0.497. The summed E-state index contributed by atoms with van der Waals surface area (Å²) in [7, 11) is 5.50. The molecular weight excluding hydrogens is 200 g/mol. The molecule has 3 N–H and O–H groups in total. The molecule has 6 nitrogen and oxygen atoms in total. The molecule has 0 unspecified atom stereocenters. The van der Waals surface area contributed by atoms with Crippen molar-refractivity contribution in [1.29, 1.82) is 0 Å². The number of carbonyl (C=O) groups excluding carboxylic acids is 1. The van der Waals surface area contributed by atoms with Crippen LogP contribution >= 0.6 is 0 Å². The van der Waals surface area contributed by atoms with Crippen molar-refractivity contribution in [2.75, 3.05) is 27.7 Å². The summed E-state index contributed by atoms with van der Waals surface area (Å²) in [6, 6.07) is 0. The third kappa shape index (κ3) is 2.45. The van der Waals surface area contributed by atoms with Crippen molar-refractivity contribution < 1.29 is 24.3 Å². The highest BCUT2D eigenvalue weighted by molar-refractivity contribution is 5.93. The van der Waals surface area contributed by atoms with Crippen molar-refractivity contribution in [3.8, 4) is 0 Å². The van der Waals surface area contributed by atoms with E-state index >= 15 is 0 Å². The lowest BCUT2D eigenvalue weighted by Crippen LogP contribution is -2.59. The van der Waals surface area contributed by atoms with Crippen molar-refractivity contribution in [3.05, 3.63) is 0 Å². The van der Waals surface area contributed by atoms with E-state index in [-0.39, 0.29) is 13.0 Å². The highest BCUT2D eigenvalue weighted by Crippen LogP contribution is 2.23. The molecule has 1 saturated heterocycles. The zero-order chi connectivity index (χ0) is 11.9. The molecule has 1 fully saturated rings. The maximum atomic E-state index is 11.2. The topological polar surface area (TPSA) is 86.6 Å². The molecule has 1 amide bonds. The fraction of sp³-hybridized carbons (Fsp3) is 0.778. The predicted molar refractivity (Wildman–Crippen MR) is 52.0 cm³/mol. The first kappa shape index (κ1) is 11.9. The molecule has 6 heteroatoms. The molecule has 2 atom stereocenters. The Balaban J connectivity index is 2.92. The van der Waals surface area contributed by atoms with Gasteiger partial charge in [0.25, 0.3) is 0 Å². The lowest BCUT2D eigenvalue weighted by molar-refractivity contribution is -0.873. The summed E-state index contributed by atoms with van der Waals surface area (Å²) in [4.78, 5) is 22.3. The molecule has 0 aromatic carbocycles. The number of carboxylic acids is 1. The number of aliphatic hydroxyl groups is 1. The number of aliphatic hydroxyl groups excluding tert-OH is 1. The van der Waals surface area contributed by atoms with Gasteiger partial charge in [-0.1, -0.05) is 0 Å². The van der Waals surface area contributed by atoms with Gasteiger partial charge in [-0.3, -0.25) is 4.79 Å². The van der Waals surface area contributed by atoms with E-state index in [0.29, 0.717) is 4.48 Å². The maximum absolute atomic E-state index is 11.2. The van der Waals surface area contributed by atoms with Gasteiger partial charge in [0, 0.05) is 6.42 Å². The van der Waals surface area contributed by atoms with Gasteiger partial charge in [-0.25, -0.2) is 4.79 Å². The van der Waals surface area contributed by atoms with E-state index in [2.05, 4.69) is 5.32 Å². The van der Waals surface area contributed by atoms with Gasteiger partial charge in [0.05, 0.1) is 21.1 Å². The molecule has 1 aliphatic rings. The van der Waals surface area contributed by atoms with Crippen LogP contribution in [0.3, 0.4) is 0 Å². The minimum absolute atomic E-state index is 0.0727. The van der Waals surface area contributed by atoms with Gasteiger partial charge in [-0.15, -0.1) is 0 Å². The molecule has 0 spiro atoms. The third-order valence-electron chi connectivity index (χ3n) is 2.36. The van der Waals surface area contributed by atoms with Crippen molar-refractivity contribution >= 4 is 11.9 Å². The molecule has 0 aromatic heterocycles. The smallest absolute Gasteiger partial charge is 0.335 e. The third-order valence-corrected chi connectivity index (χ3v) is 2.36. The summed E-state index contributed by atoms with van der Waals surface area (Å²) in [5, 5.41) is 20.8. The summed E-state index contributed by atoms with van der Waals surface area (Å²) < 4.78 is 0.402. The number of carboxylic acid groups (broad SMARTS) is 1. The largest absolute Gasteiger partial charge is 0.479 e. The van der Waals surface area contributed by atoms with E-state index in [1.165, 1.54) is 0 Å². The van der Waals surface area contributed by atoms with Gasteiger partial charge in [-0.2, -0.15) is 0 Å². The van der Waals surface area contributed by atoms with Crippen LogP contribution in [0.4, 0.5) is 0 Å². The molecule has 86 valence electrons. The Labute approximate surface area is 88.1 Å². The summed E-state index contributed by atoms with van der Waals surface area (Å²) in [5.74, 6) is -1.70. The number of likely N-dealkylation sites (N-methyl/N-ethyl adjacent to an activating group) is 1. The van der Waals surface area contributed by atoms with Crippen LogP contribution in [0.25, 0.3) is 0 Å². The Morgan fingerprint density at radius 1 is 1.60 bits per heavy atom. The SMILES string of the molecule is C[N+](C)(C)C[C@]1(C(=O)O)C[C@H](O)C(=O)N1. The number of quaternary nitrogens is 1. The van der Waals surface area contributed by atoms with Gasteiger partial charge in [-0.05, 0) is 0 Å². The zero-order valence-electron chi connectivity index (χ0n) is 9.15. The molecule has 1 aliphatic heterocycles. The van der Waals surface area contributed by atoms with E-state index in [9.17, 15) is 14.7 Å². The monoisotopic (exact) mass is 217 g/mol. The molecular formula is C9H17N2O4+. The number of hydrogen-bond acceptors (Lipinski definition) is 3. The minimum Gasteiger partial charge on any atom is -0.479 e. The number of nitrogens with zero attached hydrogens (tertiary/aromatic N) is 1. The summed E-state index contributed by atoms with van der Waals surface area (Å²) >= 11 is 0. The van der Waals surface area contributed by atoms with Crippen LogP contribution in [-0.2, 0) is 9.59 Å². The van der Waals surface area contributed by atoms with E-state index in [0.717, 1.165) is 0 Å². The van der Waals surface area contributed by atoms with Crippen LogP contribution in [0.1, 0.15) is 6.42 Å². The van der Waals surface area contributed by atoms with Crippen LogP contribution in [0.5, 0.6) is 0 Å². The van der Waals surface area contributed by atoms with Crippen molar-refractivity contribution in [1.82, 2.24) is 5.32 Å². The lowest BCUT2D eigenvalue weighted by Gasteiger charge is -2.33. The fourth-order valence-corrected chi connectivity index (χ4v) is 1.92. The summed E-state index contributed by atoms with van der Waals surface area (Å²) in [6.07, 6.45) is -1.29. The Hall–Kier alpha value is -1.14. The average molecular weight is 217 g/mol. The second-order valence-corrected chi connectivity index (χ2v) is 5.04. The molecule has 0 bridgehead atoms. The van der Waals surface area contributed by atoms with Crippen molar-refractivity contribution in [2.45, 2.75) is 18.1 Å². The Morgan fingerprint density at radius 3 is 2.40 bits per heavy atom. The van der Waals surface area contributed by atoms with Gasteiger partial charge in [0.2, 0.25) is 5.91 Å². The molecule has 1 heterocycles. The van der Waals surface area contributed by atoms with E-state index in [4.69, 9.17) is 5.11 Å². The van der Waals surface area contributed by atoms with Gasteiger partial charge < -0.3 is 20.0 Å². The summed E-state index contributed by atoms with van der Waals surface area (Å²) in [6.45, 7) is 0.241. The van der Waals surface area contributed by atoms with Crippen LogP contribution in [-0.4, -0.2) is 65.9 Å². The summed E-state index contributed by atoms with van der Waals surface area (Å²) in [5.41, 5.74) is -1.34. The Morgan fingerprint density at radius 2 is 2.13 bits per heavy atom. The standard InChI is InChI=1S/C9H16N2O4/c1-11(2,3)5-9(8(14)15)4-6(12)7(13)10-9/h6,12H,4-5H2,1-3H3,(H-,10,13,14,15)/p+1/t6-,9-/m0/s1. The van der Waals surface area contributed by atoms with Crippen molar-refractivity contribution in [3.63, 3.8) is 0 Å². The minimum atomic E-state index is -1.34. The van der Waals surface area contributed by atoms with Gasteiger partial charge in [0.1, 0.15) is 12.6 Å². The molecule has 0 saturated carbocycles. The van der Waals surface area contributed by atoms with Crippen LogP contribution in [0.2, 0.25) is 0 Å². The number of nitrogens with one attached hydrogen (secondary N) is 1. The first-order valence-corrected chi connectivity index (χ1v) is 4.70. The molecule has 15 heavy (non-hydrogen) atoms. The van der Waals surface area contributed by atoms with Gasteiger partial charge in [0.15, 0.2) is 5.54 Å². The Kier molecular flexibility index (Phi) is 2.75. The number of carbonyl (C=O) groups is 2. The maximum Gasteiger partial charge on any atom is 0.335 e. The molecule has 1 rings (SSSR count). The fourth-order valence-electron chi connectivity index (χ4n) is 1.92. The highest BCUT2D eigenvalue weighted by Gasteiger charge is 2.52. The average Bonchev–Trinajstić information content (AvgIpc) is 2.24. The second-order valence-electron chi connectivity index (χ2n) is 5.04. The lowest BCUT2D eigenvalue weighted by atomic mass is 9.95. The molecule has 0 radical (unpaired) electrons. The van der Waals surface area contributed by atoms with E-state index in [1.807, 2.05) is 21.1 Å². The highest BCUT2D eigenvalue weighted by atomic mass is 16.4.